The third-order valence-electron chi connectivity index (χ3n) is 6.89. The first-order chi connectivity index (χ1) is 19.7. The van der Waals surface area contributed by atoms with Gasteiger partial charge in [-0.3, -0.25) is 0 Å². The maximum absolute atomic E-state index is 13.5. The number of rotatable bonds is 7. The van der Waals surface area contributed by atoms with Gasteiger partial charge in [-0.2, -0.15) is 13.2 Å². The second-order valence-electron chi connectivity index (χ2n) is 9.40. The second kappa shape index (κ2) is 10.4. The summed E-state index contributed by atoms with van der Waals surface area (Å²) in [5.41, 5.74) is 1.56. The van der Waals surface area contributed by atoms with Crippen LogP contribution in [0.25, 0.3) is 22.0 Å². The molecule has 0 saturated heterocycles. The number of halogens is 4. The van der Waals surface area contributed by atoms with Crippen molar-refractivity contribution in [3.8, 4) is 28.4 Å². The van der Waals surface area contributed by atoms with Crippen LogP contribution in [0, 0.1) is 0 Å². The van der Waals surface area contributed by atoms with Gasteiger partial charge in [-0.1, -0.05) is 60.1 Å². The zero-order chi connectivity index (χ0) is 28.7. The Morgan fingerprint density at radius 1 is 0.927 bits per heavy atom. The lowest BCUT2D eigenvalue weighted by molar-refractivity contribution is -0.138. The molecule has 6 nitrogen and oxygen atoms in total. The van der Waals surface area contributed by atoms with Crippen molar-refractivity contribution in [1.82, 2.24) is 4.57 Å². The Labute approximate surface area is 237 Å². The van der Waals surface area contributed by atoms with E-state index in [1.54, 1.807) is 59.2 Å². The number of alkyl halides is 3. The van der Waals surface area contributed by atoms with E-state index in [4.69, 9.17) is 25.8 Å². The second-order valence-corrected chi connectivity index (χ2v) is 9.81. The van der Waals surface area contributed by atoms with Gasteiger partial charge in [-0.15, -0.1) is 0 Å². The molecule has 0 saturated carbocycles. The highest BCUT2D eigenvalue weighted by Crippen LogP contribution is 2.41. The van der Waals surface area contributed by atoms with E-state index in [1.807, 2.05) is 6.07 Å². The minimum Gasteiger partial charge on any atom is -0.489 e. The molecule has 10 heteroatoms. The fourth-order valence-corrected chi connectivity index (χ4v) is 5.26. The van der Waals surface area contributed by atoms with Gasteiger partial charge >= 0.3 is 12.1 Å². The highest BCUT2D eigenvalue weighted by molar-refractivity contribution is 6.31. The quantitative estimate of drug-likeness (QED) is 0.211. The Bertz CT molecular complexity index is 1780. The predicted octanol–water partition coefficient (Wildman–Crippen LogP) is 8.03. The minimum atomic E-state index is -4.52. The van der Waals surface area contributed by atoms with Gasteiger partial charge in [0.2, 0.25) is 6.79 Å². The van der Waals surface area contributed by atoms with Crippen LogP contribution in [0.15, 0.2) is 84.9 Å². The summed E-state index contributed by atoms with van der Waals surface area (Å²) in [4.78, 5) is 12.7. The standard InChI is InChI=1S/C31H21ClF3NO5/c32-24-14-27-26(40-17-41-27)12-20(24)15-36-25-11-10-21(39-16-19-8-4-5-9-23(19)31(33,34)35)13-22(25)28(29(36)30(37)38)18-6-2-1-3-7-18/h1-14H,15-17H2,(H,37,38). The van der Waals surface area contributed by atoms with Crippen LogP contribution in [0.5, 0.6) is 17.2 Å². The molecule has 0 spiro atoms. The Kier molecular flexibility index (Phi) is 6.75. The predicted molar refractivity (Wildman–Crippen MR) is 147 cm³/mol. The van der Waals surface area contributed by atoms with E-state index in [0.717, 1.165) is 6.07 Å². The van der Waals surface area contributed by atoms with Crippen LogP contribution in [0.1, 0.15) is 27.2 Å². The van der Waals surface area contributed by atoms with E-state index in [-0.39, 0.29) is 31.2 Å². The summed E-state index contributed by atoms with van der Waals surface area (Å²) >= 11 is 6.54. The van der Waals surface area contributed by atoms with E-state index in [2.05, 4.69) is 0 Å². The molecule has 5 aromatic rings. The Morgan fingerprint density at radius 2 is 1.63 bits per heavy atom. The summed E-state index contributed by atoms with van der Waals surface area (Å²) in [6, 6.07) is 22.5. The normalized spacial score (nSPS) is 12.6. The van der Waals surface area contributed by atoms with E-state index in [9.17, 15) is 23.1 Å². The average Bonchev–Trinajstić information content (AvgIpc) is 3.54. The molecule has 2 heterocycles. The number of carboxylic acid groups (broad SMARTS) is 1. The molecular weight excluding hydrogens is 559 g/mol. The molecule has 0 aliphatic carbocycles. The van der Waals surface area contributed by atoms with Gasteiger partial charge in [-0.25, -0.2) is 4.79 Å². The highest BCUT2D eigenvalue weighted by Gasteiger charge is 2.33. The maximum atomic E-state index is 13.5. The van der Waals surface area contributed by atoms with Crippen molar-refractivity contribution in [1.29, 1.82) is 0 Å². The number of benzene rings is 4. The number of carbonyl (C=O) groups is 1. The number of hydrogen-bond donors (Lipinski definition) is 1. The third-order valence-corrected chi connectivity index (χ3v) is 7.24. The van der Waals surface area contributed by atoms with Crippen LogP contribution in [-0.4, -0.2) is 22.4 Å². The minimum absolute atomic E-state index is 0.00961. The Balaban J connectivity index is 1.46. The summed E-state index contributed by atoms with van der Waals surface area (Å²) in [6.07, 6.45) is -4.52. The number of carboxylic acids is 1. The summed E-state index contributed by atoms with van der Waals surface area (Å²) in [6.45, 7) is -0.142. The van der Waals surface area contributed by atoms with Crippen molar-refractivity contribution in [2.75, 3.05) is 6.79 Å². The summed E-state index contributed by atoms with van der Waals surface area (Å²) in [5, 5.41) is 11.4. The van der Waals surface area contributed by atoms with Crippen molar-refractivity contribution in [3.05, 3.63) is 112 Å². The maximum Gasteiger partial charge on any atom is 0.416 e. The van der Waals surface area contributed by atoms with E-state index in [0.29, 0.717) is 49.9 Å². The van der Waals surface area contributed by atoms with Gasteiger partial charge < -0.3 is 23.9 Å². The van der Waals surface area contributed by atoms with Crippen LogP contribution in [0.2, 0.25) is 5.02 Å². The first-order valence-electron chi connectivity index (χ1n) is 12.5. The van der Waals surface area contributed by atoms with Gasteiger partial charge in [0, 0.05) is 33.1 Å². The molecule has 41 heavy (non-hydrogen) atoms. The van der Waals surface area contributed by atoms with Crippen molar-refractivity contribution < 1.29 is 37.3 Å². The Morgan fingerprint density at radius 3 is 2.37 bits per heavy atom. The lowest BCUT2D eigenvalue weighted by Gasteiger charge is -2.14. The van der Waals surface area contributed by atoms with Crippen molar-refractivity contribution in [2.45, 2.75) is 19.3 Å². The number of fused-ring (bicyclic) bond motifs is 2. The molecule has 6 rings (SSSR count). The lowest BCUT2D eigenvalue weighted by atomic mass is 10.0. The van der Waals surface area contributed by atoms with Crippen LogP contribution in [0.4, 0.5) is 13.2 Å². The molecule has 4 aromatic carbocycles. The molecule has 1 aliphatic rings. The smallest absolute Gasteiger partial charge is 0.416 e. The summed E-state index contributed by atoms with van der Waals surface area (Å²) < 4.78 is 58.8. The third kappa shape index (κ3) is 5.04. The number of nitrogens with zero attached hydrogens (tertiary/aromatic N) is 1. The molecule has 1 aromatic heterocycles. The molecule has 0 atom stereocenters. The van der Waals surface area contributed by atoms with E-state index < -0.39 is 17.7 Å². The molecule has 208 valence electrons. The highest BCUT2D eigenvalue weighted by atomic mass is 35.5. The van der Waals surface area contributed by atoms with Gasteiger partial charge in [0.25, 0.3) is 0 Å². The van der Waals surface area contributed by atoms with Crippen LogP contribution >= 0.6 is 11.6 Å². The van der Waals surface area contributed by atoms with Crippen LogP contribution in [0.3, 0.4) is 0 Å². The largest absolute Gasteiger partial charge is 0.489 e. The van der Waals surface area contributed by atoms with Gasteiger partial charge in [0.05, 0.1) is 12.1 Å². The number of aromatic carboxylic acids is 1. The van der Waals surface area contributed by atoms with Crippen molar-refractivity contribution >= 4 is 28.5 Å². The zero-order valence-electron chi connectivity index (χ0n) is 21.2. The molecule has 0 bridgehead atoms. The number of hydrogen-bond acceptors (Lipinski definition) is 4. The molecular formula is C31H21ClF3NO5. The number of aromatic nitrogens is 1. The average molecular weight is 580 g/mol. The van der Waals surface area contributed by atoms with Gasteiger partial charge in [0.15, 0.2) is 11.5 Å². The molecule has 0 unspecified atom stereocenters. The first kappa shape index (κ1) is 26.6. The monoisotopic (exact) mass is 579 g/mol. The molecule has 0 amide bonds. The molecule has 0 radical (unpaired) electrons. The van der Waals surface area contributed by atoms with E-state index >= 15 is 0 Å². The topological polar surface area (TPSA) is 69.9 Å². The SMILES string of the molecule is O=C(O)c1c(-c2ccccc2)c2cc(OCc3ccccc3C(F)(F)F)ccc2n1Cc1cc2c(cc1Cl)OCO2. The molecule has 1 aliphatic heterocycles. The Hall–Kier alpha value is -4.63. The van der Waals surface area contributed by atoms with Crippen LogP contribution < -0.4 is 14.2 Å². The fourth-order valence-electron chi connectivity index (χ4n) is 5.04. The lowest BCUT2D eigenvalue weighted by Crippen LogP contribution is -2.11. The molecule has 0 fully saturated rings. The zero-order valence-corrected chi connectivity index (χ0v) is 22.0. The van der Waals surface area contributed by atoms with Crippen LogP contribution in [-0.2, 0) is 19.3 Å². The van der Waals surface area contributed by atoms with Crippen molar-refractivity contribution in [2.24, 2.45) is 0 Å². The van der Waals surface area contributed by atoms with Gasteiger partial charge in [0.1, 0.15) is 18.1 Å². The summed E-state index contributed by atoms with van der Waals surface area (Å²) in [5.74, 6) is 0.157. The van der Waals surface area contributed by atoms with Gasteiger partial charge in [-0.05, 0) is 41.5 Å². The number of ether oxygens (including phenoxy) is 3. The van der Waals surface area contributed by atoms with E-state index in [1.165, 1.54) is 18.2 Å². The van der Waals surface area contributed by atoms with Crippen molar-refractivity contribution in [3.63, 3.8) is 0 Å². The summed E-state index contributed by atoms with van der Waals surface area (Å²) in [7, 11) is 0. The first-order valence-corrected chi connectivity index (χ1v) is 12.9. The fraction of sp³-hybridized carbons (Fsp3) is 0.129. The molecule has 1 N–H and O–H groups in total.